The van der Waals surface area contributed by atoms with Crippen molar-refractivity contribution in [1.82, 2.24) is 19.7 Å². The van der Waals surface area contributed by atoms with Crippen LogP contribution >= 0.6 is 34.9 Å². The van der Waals surface area contributed by atoms with Gasteiger partial charge in [0.25, 0.3) is 0 Å². The number of esters is 1. The van der Waals surface area contributed by atoms with Gasteiger partial charge in [-0.3, -0.25) is 4.79 Å². The van der Waals surface area contributed by atoms with E-state index in [4.69, 9.17) is 4.74 Å². The van der Waals surface area contributed by atoms with E-state index in [0.29, 0.717) is 26.6 Å². The molecule has 11 heteroatoms. The van der Waals surface area contributed by atoms with Crippen LogP contribution in [0.4, 0.5) is 5.13 Å². The van der Waals surface area contributed by atoms with Gasteiger partial charge >= 0.3 is 5.97 Å². The summed E-state index contributed by atoms with van der Waals surface area (Å²) in [5.41, 5.74) is 1.77. The maximum atomic E-state index is 12.4. The van der Waals surface area contributed by atoms with Crippen LogP contribution in [0.15, 0.2) is 34.3 Å². The van der Waals surface area contributed by atoms with Gasteiger partial charge in [-0.25, -0.2) is 9.78 Å². The number of amides is 1. The summed E-state index contributed by atoms with van der Waals surface area (Å²) in [7, 11) is 0. The van der Waals surface area contributed by atoms with Crippen LogP contribution in [-0.4, -0.2) is 44.0 Å². The fraction of sp³-hybridized carbons (Fsp3) is 0.381. The number of nitrogens with zero attached hydrogens (tertiary/aromatic N) is 4. The lowest BCUT2D eigenvalue weighted by molar-refractivity contribution is -0.113. The van der Waals surface area contributed by atoms with Gasteiger partial charge in [0.2, 0.25) is 5.91 Å². The fourth-order valence-electron chi connectivity index (χ4n) is 2.75. The summed E-state index contributed by atoms with van der Waals surface area (Å²) in [4.78, 5) is 30.1. The van der Waals surface area contributed by atoms with Crippen molar-refractivity contribution in [3.05, 3.63) is 46.2 Å². The number of carbonyl (C=O) groups is 2. The van der Waals surface area contributed by atoms with Crippen molar-refractivity contribution in [2.45, 2.75) is 50.0 Å². The fourth-order valence-corrected chi connectivity index (χ4v) is 5.29. The second-order valence-corrected chi connectivity index (χ2v) is 9.73. The molecule has 32 heavy (non-hydrogen) atoms. The molecule has 0 radical (unpaired) electrons. The molecular weight excluding hydrogens is 466 g/mol. The number of anilines is 1. The van der Waals surface area contributed by atoms with Crippen LogP contribution in [0.5, 0.6) is 0 Å². The van der Waals surface area contributed by atoms with Crippen LogP contribution in [0.3, 0.4) is 0 Å². The Labute approximate surface area is 199 Å². The van der Waals surface area contributed by atoms with Crippen molar-refractivity contribution in [1.29, 1.82) is 0 Å². The van der Waals surface area contributed by atoms with Gasteiger partial charge in [-0.1, -0.05) is 40.8 Å². The van der Waals surface area contributed by atoms with E-state index < -0.39 is 5.97 Å². The first-order chi connectivity index (χ1) is 15.4. The number of benzene rings is 1. The molecule has 1 N–H and O–H groups in total. The third-order valence-corrected chi connectivity index (χ3v) is 7.36. The van der Waals surface area contributed by atoms with E-state index in [0.717, 1.165) is 23.7 Å². The monoisotopic (exact) mass is 491 g/mol. The van der Waals surface area contributed by atoms with E-state index in [2.05, 4.69) is 51.7 Å². The van der Waals surface area contributed by atoms with E-state index in [-0.39, 0.29) is 18.3 Å². The van der Waals surface area contributed by atoms with Crippen LogP contribution in [0, 0.1) is 13.8 Å². The number of thiazole rings is 1. The highest BCUT2D eigenvalue weighted by molar-refractivity contribution is 7.99. The molecule has 0 saturated carbocycles. The molecule has 2 heterocycles. The summed E-state index contributed by atoms with van der Waals surface area (Å²) >= 11 is 4.14. The first-order valence-electron chi connectivity index (χ1n) is 10.1. The Kier molecular flexibility index (Phi) is 8.71. The van der Waals surface area contributed by atoms with Crippen molar-refractivity contribution >= 4 is 51.9 Å². The number of aryl methyl sites for hydroxylation is 2. The molecule has 0 aliphatic carbocycles. The summed E-state index contributed by atoms with van der Waals surface area (Å²) in [5, 5.41) is 12.4. The molecule has 0 atom stereocenters. The predicted octanol–water partition coefficient (Wildman–Crippen LogP) is 4.57. The van der Waals surface area contributed by atoms with Gasteiger partial charge in [0, 0.05) is 11.4 Å². The third-order valence-electron chi connectivity index (χ3n) is 4.33. The second kappa shape index (κ2) is 11.5. The maximum absolute atomic E-state index is 12.4. The SMILES string of the molecule is CCOC(=O)c1sc(NC(=O)CSc2nnc(CSc3ccc(C)cc3)n2CC)nc1C. The number of thioether (sulfide) groups is 2. The van der Waals surface area contributed by atoms with E-state index in [1.807, 2.05) is 11.5 Å². The molecule has 3 rings (SSSR count). The van der Waals surface area contributed by atoms with Crippen LogP contribution < -0.4 is 5.32 Å². The number of aromatic nitrogens is 4. The molecule has 0 saturated heterocycles. The minimum absolute atomic E-state index is 0.163. The standard InChI is InChI=1S/C21H25N5O3S3/c1-5-26-16(11-30-15-9-7-13(3)8-10-15)24-25-21(26)31-12-17(27)23-20-22-14(4)18(32-20)19(28)29-6-2/h7-10H,5-6,11-12H2,1-4H3,(H,22,23,27). The highest BCUT2D eigenvalue weighted by Gasteiger charge is 2.18. The Hall–Kier alpha value is -2.37. The first kappa shape index (κ1) is 24.3. The zero-order valence-corrected chi connectivity index (χ0v) is 20.8. The molecule has 0 aliphatic rings. The number of hydrogen-bond acceptors (Lipinski definition) is 9. The minimum atomic E-state index is -0.426. The van der Waals surface area contributed by atoms with Gasteiger partial charge in [-0.2, -0.15) is 0 Å². The summed E-state index contributed by atoms with van der Waals surface area (Å²) in [6, 6.07) is 8.37. The first-order valence-corrected chi connectivity index (χ1v) is 12.9. The van der Waals surface area contributed by atoms with Gasteiger partial charge in [-0.15, -0.1) is 22.0 Å². The molecule has 0 bridgehead atoms. The van der Waals surface area contributed by atoms with Gasteiger partial charge in [0.15, 0.2) is 10.3 Å². The van der Waals surface area contributed by atoms with Crippen LogP contribution in [0.1, 0.15) is 40.6 Å². The minimum Gasteiger partial charge on any atom is -0.462 e. The van der Waals surface area contributed by atoms with Crippen molar-refractivity contribution in [2.75, 3.05) is 17.7 Å². The maximum Gasteiger partial charge on any atom is 0.350 e. The highest BCUT2D eigenvalue weighted by Crippen LogP contribution is 2.26. The molecule has 2 aromatic heterocycles. The van der Waals surface area contributed by atoms with E-state index in [9.17, 15) is 9.59 Å². The zero-order chi connectivity index (χ0) is 23.1. The summed E-state index contributed by atoms with van der Waals surface area (Å²) in [5.74, 6) is 1.09. The number of carbonyl (C=O) groups excluding carboxylic acids is 2. The summed E-state index contributed by atoms with van der Waals surface area (Å²) in [6.07, 6.45) is 0. The Balaban J connectivity index is 1.56. The molecule has 0 unspecified atom stereocenters. The van der Waals surface area contributed by atoms with Crippen LogP contribution in [-0.2, 0) is 21.8 Å². The highest BCUT2D eigenvalue weighted by atomic mass is 32.2. The summed E-state index contributed by atoms with van der Waals surface area (Å²) in [6.45, 7) is 8.57. The molecule has 170 valence electrons. The van der Waals surface area contributed by atoms with E-state index in [1.165, 1.54) is 22.2 Å². The van der Waals surface area contributed by atoms with Gasteiger partial charge < -0.3 is 14.6 Å². The van der Waals surface area contributed by atoms with Crippen LogP contribution in [0.25, 0.3) is 0 Å². The zero-order valence-electron chi connectivity index (χ0n) is 18.4. The molecule has 1 amide bonds. The molecular formula is C21H25N5O3S3. The lowest BCUT2D eigenvalue weighted by atomic mass is 10.2. The number of nitrogens with one attached hydrogen (secondary N) is 1. The average molecular weight is 492 g/mol. The number of ether oxygens (including phenoxy) is 1. The van der Waals surface area contributed by atoms with Crippen LogP contribution in [0.2, 0.25) is 0 Å². The molecule has 0 aliphatic heterocycles. The Morgan fingerprint density at radius 3 is 2.56 bits per heavy atom. The second-order valence-electron chi connectivity index (χ2n) is 6.74. The topological polar surface area (TPSA) is 99.0 Å². The summed E-state index contributed by atoms with van der Waals surface area (Å²) < 4.78 is 7.03. The van der Waals surface area contributed by atoms with Gasteiger partial charge in [-0.05, 0) is 39.8 Å². The number of rotatable bonds is 10. The van der Waals surface area contributed by atoms with E-state index >= 15 is 0 Å². The molecule has 0 fully saturated rings. The number of hydrogen-bond donors (Lipinski definition) is 1. The normalized spacial score (nSPS) is 10.9. The Morgan fingerprint density at radius 2 is 1.88 bits per heavy atom. The lowest BCUT2D eigenvalue weighted by Gasteiger charge is -2.07. The average Bonchev–Trinajstić information content (AvgIpc) is 3.34. The molecule has 1 aromatic carbocycles. The third kappa shape index (κ3) is 6.33. The largest absolute Gasteiger partial charge is 0.462 e. The van der Waals surface area contributed by atoms with Gasteiger partial charge in [0.1, 0.15) is 10.7 Å². The van der Waals surface area contributed by atoms with E-state index in [1.54, 1.807) is 25.6 Å². The van der Waals surface area contributed by atoms with Gasteiger partial charge in [0.05, 0.1) is 23.8 Å². The Morgan fingerprint density at radius 1 is 1.12 bits per heavy atom. The van der Waals surface area contributed by atoms with Crippen molar-refractivity contribution < 1.29 is 14.3 Å². The molecule has 0 spiro atoms. The van der Waals surface area contributed by atoms with Crippen molar-refractivity contribution in [2.24, 2.45) is 0 Å². The smallest absolute Gasteiger partial charge is 0.350 e. The molecule has 3 aromatic rings. The quantitative estimate of drug-likeness (QED) is 0.325. The lowest BCUT2D eigenvalue weighted by Crippen LogP contribution is -2.14. The van der Waals surface area contributed by atoms with Crippen molar-refractivity contribution in [3.8, 4) is 0 Å². The predicted molar refractivity (Wildman–Crippen MR) is 129 cm³/mol. The molecule has 8 nitrogen and oxygen atoms in total. The Bertz CT molecular complexity index is 1080. The van der Waals surface area contributed by atoms with Crippen molar-refractivity contribution in [3.63, 3.8) is 0 Å².